The van der Waals surface area contributed by atoms with Gasteiger partial charge < -0.3 is 65.0 Å². The quantitative estimate of drug-likeness (QED) is 0.0336. The third-order valence-corrected chi connectivity index (χ3v) is 13.6. The van der Waals surface area contributed by atoms with Crippen LogP contribution in [0, 0.1) is 0 Å². The van der Waals surface area contributed by atoms with Crippen LogP contribution in [0.15, 0.2) is 84.4 Å². The number of unbranched alkanes of at least 4 members (excludes halogenated alkanes) is 4. The zero-order valence-electron chi connectivity index (χ0n) is 47.4. The number of benzene rings is 2. The molecule has 6 N–H and O–H groups in total. The second-order valence-electron chi connectivity index (χ2n) is 19.8. The molecule has 2 aliphatic rings. The number of amides is 7. The van der Waals surface area contributed by atoms with Crippen LogP contribution in [0.25, 0.3) is 10.9 Å². The number of fused-ring (bicyclic) bond motifs is 2. The minimum Gasteiger partial charge on any atom is -0.481 e. The lowest BCUT2D eigenvalue weighted by molar-refractivity contribution is -0.139. The first-order chi connectivity index (χ1) is 40.5. The maximum atomic E-state index is 14.3. The van der Waals surface area contributed by atoms with Crippen molar-refractivity contribution in [2.75, 3.05) is 111 Å². The molecule has 4 heterocycles. The fourth-order valence-electron chi connectivity index (χ4n) is 9.17. The summed E-state index contributed by atoms with van der Waals surface area (Å²) in [6, 6.07) is 17.9. The number of carboxylic acid groups (broad SMARTS) is 1. The van der Waals surface area contributed by atoms with Crippen molar-refractivity contribution in [1.82, 2.24) is 41.1 Å². The number of hydrogen-bond donors (Lipinski definition) is 6. The number of carbonyl (C=O) groups excluding carboxylic acids is 6. The van der Waals surface area contributed by atoms with Gasteiger partial charge in [-0.3, -0.25) is 38.7 Å². The van der Waals surface area contributed by atoms with Gasteiger partial charge in [-0.05, 0) is 84.7 Å². The number of urea groups is 1. The summed E-state index contributed by atoms with van der Waals surface area (Å²) in [7, 11) is 1.62. The number of ether oxygens (including phenoxy) is 6. The van der Waals surface area contributed by atoms with Gasteiger partial charge in [0, 0.05) is 88.8 Å². The number of nitrogens with one attached hydrogen (secondary N) is 5. The summed E-state index contributed by atoms with van der Waals surface area (Å²) in [5.74, 6) is -3.59. The Morgan fingerprint density at radius 2 is 1.33 bits per heavy atom. The molecule has 2 aliphatic heterocycles. The van der Waals surface area contributed by atoms with Crippen LogP contribution in [0.4, 0.5) is 10.5 Å². The SMILES string of the molecule is COCCOCCOCCOCCOCCOCCC(=O)NCCCC[C@H](NC(=O)CNC(=O)CCC(=O)O)C(=O)NCCCCCCN1N=C(c2ccc(NC(=O)N3Cc4ccncc4C3)cc2)CC(c2cccc3ncccc23)C1=O. The number of anilines is 1. The van der Waals surface area contributed by atoms with E-state index in [9.17, 15) is 33.6 Å². The number of carbonyl (C=O) groups is 7. The molecule has 0 saturated heterocycles. The van der Waals surface area contributed by atoms with Gasteiger partial charge in [-0.25, -0.2) is 9.80 Å². The van der Waals surface area contributed by atoms with Crippen molar-refractivity contribution in [3.63, 3.8) is 0 Å². The zero-order chi connectivity index (χ0) is 58.9. The number of hydrazone groups is 1. The van der Waals surface area contributed by atoms with Crippen LogP contribution in [0.2, 0.25) is 0 Å². The number of hydrogen-bond acceptors (Lipinski definition) is 16. The fourth-order valence-corrected chi connectivity index (χ4v) is 9.17. The van der Waals surface area contributed by atoms with Crippen LogP contribution in [0.3, 0.4) is 0 Å². The Bertz CT molecular complexity index is 2700. The average Bonchev–Trinajstić information content (AvgIpc) is 4.13. The lowest BCUT2D eigenvalue weighted by Crippen LogP contribution is -2.49. The Labute approximate surface area is 484 Å². The predicted octanol–water partition coefficient (Wildman–Crippen LogP) is 4.45. The first-order valence-corrected chi connectivity index (χ1v) is 28.5. The van der Waals surface area contributed by atoms with Crippen molar-refractivity contribution in [2.45, 2.75) is 95.7 Å². The molecule has 6 rings (SSSR count). The largest absolute Gasteiger partial charge is 0.481 e. The van der Waals surface area contributed by atoms with Crippen LogP contribution in [0.1, 0.15) is 98.8 Å². The van der Waals surface area contributed by atoms with E-state index in [1.54, 1.807) is 35.6 Å². The molecule has 24 heteroatoms. The number of pyridine rings is 2. The van der Waals surface area contributed by atoms with E-state index in [1.807, 2.05) is 60.7 Å². The predicted molar refractivity (Wildman–Crippen MR) is 307 cm³/mol. The molecule has 2 aromatic heterocycles. The highest BCUT2D eigenvalue weighted by molar-refractivity contribution is 6.07. The molecule has 0 spiro atoms. The van der Waals surface area contributed by atoms with Gasteiger partial charge in [0.05, 0.1) is 103 Å². The van der Waals surface area contributed by atoms with Crippen LogP contribution in [-0.2, 0) is 70.3 Å². The second-order valence-corrected chi connectivity index (χ2v) is 19.8. The van der Waals surface area contributed by atoms with Crippen molar-refractivity contribution < 1.29 is 67.1 Å². The average molecular weight is 1150 g/mol. The normalized spacial score (nSPS) is 14.2. The molecular formula is C59H80N10O14. The van der Waals surface area contributed by atoms with Crippen molar-refractivity contribution in [1.29, 1.82) is 0 Å². The molecule has 0 radical (unpaired) electrons. The molecule has 1 unspecified atom stereocenters. The number of nitrogens with zero attached hydrogens (tertiary/aromatic N) is 5. The molecule has 0 bridgehead atoms. The van der Waals surface area contributed by atoms with E-state index < -0.39 is 42.2 Å². The topological polar surface area (TPSA) is 300 Å². The Kier molecular flexibility index (Phi) is 28.7. The van der Waals surface area contributed by atoms with Gasteiger partial charge >= 0.3 is 12.0 Å². The molecule has 450 valence electrons. The molecule has 24 nitrogen and oxygen atoms in total. The van der Waals surface area contributed by atoms with Gasteiger partial charge in [-0.2, -0.15) is 5.10 Å². The summed E-state index contributed by atoms with van der Waals surface area (Å²) in [4.78, 5) is 99.7. The van der Waals surface area contributed by atoms with Gasteiger partial charge in [0.25, 0.3) is 5.91 Å². The molecule has 0 fully saturated rings. The smallest absolute Gasteiger partial charge is 0.322 e. The van der Waals surface area contributed by atoms with E-state index in [2.05, 4.69) is 36.6 Å². The minimum absolute atomic E-state index is 0.116. The monoisotopic (exact) mass is 1150 g/mol. The van der Waals surface area contributed by atoms with E-state index in [4.69, 9.17) is 38.6 Å². The third-order valence-electron chi connectivity index (χ3n) is 13.6. The van der Waals surface area contributed by atoms with E-state index in [1.165, 1.54) is 0 Å². The number of aliphatic carboxylic acids is 1. The highest BCUT2D eigenvalue weighted by Crippen LogP contribution is 2.34. The number of methoxy groups -OCH3 is 1. The molecular weight excluding hydrogens is 1070 g/mol. The Morgan fingerprint density at radius 3 is 2.04 bits per heavy atom. The summed E-state index contributed by atoms with van der Waals surface area (Å²) in [6.45, 7) is 6.26. The number of aromatic nitrogens is 2. The molecule has 2 atom stereocenters. The van der Waals surface area contributed by atoms with Crippen molar-refractivity contribution in [2.24, 2.45) is 5.10 Å². The van der Waals surface area contributed by atoms with Crippen molar-refractivity contribution >= 4 is 63.8 Å². The van der Waals surface area contributed by atoms with Crippen LogP contribution in [0.5, 0.6) is 0 Å². The Hall–Kier alpha value is -7.48. The summed E-state index contributed by atoms with van der Waals surface area (Å²) in [5.41, 5.74) is 5.95. The summed E-state index contributed by atoms with van der Waals surface area (Å²) >= 11 is 0. The fraction of sp³-hybridized carbons (Fsp3) is 0.525. The highest BCUT2D eigenvalue weighted by atomic mass is 16.6. The van der Waals surface area contributed by atoms with Gasteiger partial charge in [0.1, 0.15) is 6.04 Å². The van der Waals surface area contributed by atoms with Gasteiger partial charge in [0.2, 0.25) is 23.6 Å². The van der Waals surface area contributed by atoms with Crippen LogP contribution < -0.4 is 26.6 Å². The standard InChI is InChI=1S/C59H80N10O14/c1-78-28-29-80-32-33-82-36-37-83-35-34-81-31-30-79-27-21-54(71)62-22-6-4-12-51(66-55(72)40-64-53(70)18-19-56(73)74)57(75)63-23-5-2-3-7-26-69-58(76)49(47-10-8-13-50-48(47)11-9-24-61-50)38-52(67-69)43-14-16-46(17-15-43)65-59(77)68-41-44-20-25-60-39-45(44)42-68/h8-11,13-17,20,24-25,39,49,51H,2-7,12,18-19,21-23,26-38,40-42H2,1H3,(H,62,71)(H,63,75)(H,64,70)(H,65,77)(H,66,72)(H,73,74)/t49?,51-/m0/s1. The first-order valence-electron chi connectivity index (χ1n) is 28.5. The minimum atomic E-state index is -1.14. The van der Waals surface area contributed by atoms with Crippen molar-refractivity contribution in [3.05, 3.63) is 102 Å². The maximum absolute atomic E-state index is 14.3. The lowest BCUT2D eigenvalue weighted by atomic mass is 9.86. The first kappa shape index (κ1) is 64.7. The van der Waals surface area contributed by atoms with Gasteiger partial charge in [0.15, 0.2) is 0 Å². The van der Waals surface area contributed by atoms with Crippen LogP contribution in [-0.4, -0.2) is 184 Å². The molecule has 0 saturated carbocycles. The van der Waals surface area contributed by atoms with E-state index in [0.29, 0.717) is 137 Å². The van der Waals surface area contributed by atoms with E-state index in [-0.39, 0.29) is 50.1 Å². The van der Waals surface area contributed by atoms with Gasteiger partial charge in [-0.1, -0.05) is 43.2 Å². The summed E-state index contributed by atoms with van der Waals surface area (Å²) < 4.78 is 32.1. The number of carboxylic acids is 1. The lowest BCUT2D eigenvalue weighted by Gasteiger charge is -2.30. The van der Waals surface area contributed by atoms with Gasteiger partial charge in [-0.15, -0.1) is 0 Å². The molecule has 7 amide bonds. The molecule has 0 aliphatic carbocycles. The maximum Gasteiger partial charge on any atom is 0.322 e. The Balaban J connectivity index is 0.908. The zero-order valence-corrected chi connectivity index (χ0v) is 47.4. The van der Waals surface area contributed by atoms with Crippen LogP contribution >= 0.6 is 0 Å². The summed E-state index contributed by atoms with van der Waals surface area (Å²) in [5, 5.41) is 30.1. The Morgan fingerprint density at radius 1 is 0.663 bits per heavy atom. The van der Waals surface area contributed by atoms with E-state index in [0.717, 1.165) is 51.7 Å². The molecule has 2 aromatic carbocycles. The molecule has 4 aromatic rings. The van der Waals surface area contributed by atoms with Crippen molar-refractivity contribution in [3.8, 4) is 0 Å². The third kappa shape index (κ3) is 23.4. The van der Waals surface area contributed by atoms with E-state index >= 15 is 0 Å². The highest BCUT2D eigenvalue weighted by Gasteiger charge is 2.34. The molecule has 83 heavy (non-hydrogen) atoms. The second kappa shape index (κ2) is 36.9. The summed E-state index contributed by atoms with van der Waals surface area (Å²) in [6.07, 6.45) is 9.05. The number of rotatable bonds is 40.